The van der Waals surface area contributed by atoms with Crippen LogP contribution >= 0.6 is 27.3 Å². The number of halogens is 2. The van der Waals surface area contributed by atoms with Crippen LogP contribution in [0.25, 0.3) is 10.2 Å². The molecule has 0 atom stereocenters. The number of hydrogen-bond acceptors (Lipinski definition) is 3. The van der Waals surface area contributed by atoms with Gasteiger partial charge in [0.1, 0.15) is 5.82 Å². The number of ether oxygens (including phenoxy) is 1. The largest absolute Gasteiger partial charge is 0.380 e. The van der Waals surface area contributed by atoms with Gasteiger partial charge in [-0.15, -0.1) is 0 Å². The molecule has 0 unspecified atom stereocenters. The third-order valence-electron chi connectivity index (χ3n) is 3.61. The standard InChI is InChI=1S/C18H16BrFN2O2S/c1-2-24-10-9-22-15-8-7-12(19)11-16(15)25-18(22)21-17(23)13-5-3-4-6-14(13)20/h3-8,11H,2,9-10H2,1H3. The maximum absolute atomic E-state index is 13.8. The summed E-state index contributed by atoms with van der Waals surface area (Å²) in [5.74, 6) is -1.16. The Kier molecular flexibility index (Phi) is 5.78. The lowest BCUT2D eigenvalue weighted by molar-refractivity contribution is 0.0993. The number of carbonyl (C=O) groups is 1. The number of carbonyl (C=O) groups excluding carboxylic acids is 1. The zero-order chi connectivity index (χ0) is 17.8. The highest BCUT2D eigenvalue weighted by Crippen LogP contribution is 2.22. The minimum Gasteiger partial charge on any atom is -0.380 e. The molecule has 1 aromatic heterocycles. The van der Waals surface area contributed by atoms with Gasteiger partial charge in [0.25, 0.3) is 5.91 Å². The van der Waals surface area contributed by atoms with Crippen molar-refractivity contribution < 1.29 is 13.9 Å². The summed E-state index contributed by atoms with van der Waals surface area (Å²) in [4.78, 5) is 17.1. The van der Waals surface area contributed by atoms with Crippen molar-refractivity contribution in [3.8, 4) is 0 Å². The summed E-state index contributed by atoms with van der Waals surface area (Å²) in [6.07, 6.45) is 0. The average molecular weight is 423 g/mol. The van der Waals surface area contributed by atoms with E-state index < -0.39 is 11.7 Å². The van der Waals surface area contributed by atoms with Gasteiger partial charge in [0.05, 0.1) is 22.4 Å². The molecule has 0 fully saturated rings. The molecule has 0 bridgehead atoms. The SMILES string of the molecule is CCOCCn1c(=NC(=O)c2ccccc2F)sc2cc(Br)ccc21. The maximum atomic E-state index is 13.8. The van der Waals surface area contributed by atoms with Crippen LogP contribution in [0.4, 0.5) is 4.39 Å². The highest BCUT2D eigenvalue weighted by atomic mass is 79.9. The Morgan fingerprint density at radius 2 is 2.12 bits per heavy atom. The van der Waals surface area contributed by atoms with E-state index in [4.69, 9.17) is 4.74 Å². The number of amides is 1. The van der Waals surface area contributed by atoms with Gasteiger partial charge in [-0.3, -0.25) is 4.79 Å². The topological polar surface area (TPSA) is 43.6 Å². The Bertz CT molecular complexity index is 981. The molecule has 25 heavy (non-hydrogen) atoms. The molecule has 2 aromatic carbocycles. The van der Waals surface area contributed by atoms with Crippen LogP contribution in [0.3, 0.4) is 0 Å². The van der Waals surface area contributed by atoms with E-state index in [9.17, 15) is 9.18 Å². The quantitative estimate of drug-likeness (QED) is 0.572. The van der Waals surface area contributed by atoms with Gasteiger partial charge in [-0.05, 0) is 37.3 Å². The van der Waals surface area contributed by atoms with Gasteiger partial charge in [0, 0.05) is 17.6 Å². The first-order valence-electron chi connectivity index (χ1n) is 7.80. The fourth-order valence-electron chi connectivity index (χ4n) is 2.43. The number of aromatic nitrogens is 1. The maximum Gasteiger partial charge on any atom is 0.282 e. The van der Waals surface area contributed by atoms with Crippen molar-refractivity contribution in [3.05, 3.63) is 63.1 Å². The molecule has 0 aliphatic rings. The molecule has 1 amide bonds. The molecular formula is C18H16BrFN2O2S. The molecule has 4 nitrogen and oxygen atoms in total. The Balaban J connectivity index is 2.08. The predicted molar refractivity (Wildman–Crippen MR) is 100 cm³/mol. The third kappa shape index (κ3) is 4.05. The fraction of sp³-hybridized carbons (Fsp3) is 0.222. The molecule has 0 aliphatic heterocycles. The monoisotopic (exact) mass is 422 g/mol. The summed E-state index contributed by atoms with van der Waals surface area (Å²) in [6.45, 7) is 3.63. The van der Waals surface area contributed by atoms with Crippen LogP contribution in [0.1, 0.15) is 17.3 Å². The summed E-state index contributed by atoms with van der Waals surface area (Å²) in [5.41, 5.74) is 0.936. The predicted octanol–water partition coefficient (Wildman–Crippen LogP) is 4.38. The van der Waals surface area contributed by atoms with Crippen LogP contribution < -0.4 is 4.80 Å². The third-order valence-corrected chi connectivity index (χ3v) is 5.14. The van der Waals surface area contributed by atoms with E-state index in [0.717, 1.165) is 14.7 Å². The number of rotatable bonds is 5. The molecule has 7 heteroatoms. The number of thiazole rings is 1. The van der Waals surface area contributed by atoms with E-state index in [1.165, 1.54) is 23.5 Å². The molecular weight excluding hydrogens is 407 g/mol. The Morgan fingerprint density at radius 3 is 2.88 bits per heavy atom. The molecule has 0 radical (unpaired) electrons. The molecule has 3 rings (SSSR count). The molecule has 0 N–H and O–H groups in total. The highest BCUT2D eigenvalue weighted by molar-refractivity contribution is 9.10. The van der Waals surface area contributed by atoms with Crippen LogP contribution in [0, 0.1) is 5.82 Å². The molecule has 130 valence electrons. The van der Waals surface area contributed by atoms with Crippen molar-refractivity contribution >= 4 is 43.4 Å². The number of hydrogen-bond donors (Lipinski definition) is 0. The van der Waals surface area contributed by atoms with E-state index in [1.54, 1.807) is 12.1 Å². The van der Waals surface area contributed by atoms with Crippen molar-refractivity contribution in [2.45, 2.75) is 13.5 Å². The lowest BCUT2D eigenvalue weighted by Gasteiger charge is -2.05. The second-order valence-electron chi connectivity index (χ2n) is 5.24. The van der Waals surface area contributed by atoms with Gasteiger partial charge >= 0.3 is 0 Å². The van der Waals surface area contributed by atoms with Gasteiger partial charge in [0.2, 0.25) is 0 Å². The van der Waals surface area contributed by atoms with E-state index in [0.29, 0.717) is 24.6 Å². The molecule has 3 aromatic rings. The van der Waals surface area contributed by atoms with Crippen LogP contribution in [-0.4, -0.2) is 23.7 Å². The van der Waals surface area contributed by atoms with Crippen LogP contribution in [0.2, 0.25) is 0 Å². The van der Waals surface area contributed by atoms with Crippen molar-refractivity contribution in [1.82, 2.24) is 4.57 Å². The van der Waals surface area contributed by atoms with Gasteiger partial charge in [-0.1, -0.05) is 39.4 Å². The lowest BCUT2D eigenvalue weighted by atomic mass is 10.2. The van der Waals surface area contributed by atoms with Crippen LogP contribution in [-0.2, 0) is 11.3 Å². The molecule has 1 heterocycles. The summed E-state index contributed by atoms with van der Waals surface area (Å²) in [7, 11) is 0. The van der Waals surface area contributed by atoms with Gasteiger partial charge in [0.15, 0.2) is 4.80 Å². The number of nitrogens with zero attached hydrogens (tertiary/aromatic N) is 2. The summed E-state index contributed by atoms with van der Waals surface area (Å²) in [5, 5.41) is 0. The summed E-state index contributed by atoms with van der Waals surface area (Å²) in [6, 6.07) is 11.7. The van der Waals surface area contributed by atoms with E-state index in [2.05, 4.69) is 20.9 Å². The zero-order valence-electron chi connectivity index (χ0n) is 13.5. The smallest absolute Gasteiger partial charge is 0.282 e. The number of benzene rings is 2. The molecule has 0 saturated heterocycles. The van der Waals surface area contributed by atoms with Crippen molar-refractivity contribution in [3.63, 3.8) is 0 Å². The Morgan fingerprint density at radius 1 is 1.32 bits per heavy atom. The molecule has 0 aliphatic carbocycles. The van der Waals surface area contributed by atoms with Crippen LogP contribution in [0.15, 0.2) is 51.9 Å². The van der Waals surface area contributed by atoms with Crippen LogP contribution in [0.5, 0.6) is 0 Å². The lowest BCUT2D eigenvalue weighted by Crippen LogP contribution is -2.20. The van der Waals surface area contributed by atoms with E-state index >= 15 is 0 Å². The first kappa shape index (κ1) is 18.0. The van der Waals surface area contributed by atoms with E-state index in [1.807, 2.05) is 29.7 Å². The van der Waals surface area contributed by atoms with Crippen molar-refractivity contribution in [2.24, 2.45) is 4.99 Å². The van der Waals surface area contributed by atoms with Gasteiger partial charge < -0.3 is 9.30 Å². The first-order chi connectivity index (χ1) is 12.1. The van der Waals surface area contributed by atoms with Gasteiger partial charge in [-0.2, -0.15) is 4.99 Å². The Labute approximate surface area is 156 Å². The minimum absolute atomic E-state index is 0.0301. The number of fused-ring (bicyclic) bond motifs is 1. The molecule has 0 saturated carbocycles. The minimum atomic E-state index is -0.589. The normalized spacial score (nSPS) is 12.0. The summed E-state index contributed by atoms with van der Waals surface area (Å²) < 4.78 is 23.1. The fourth-order valence-corrected chi connectivity index (χ4v) is 4.04. The average Bonchev–Trinajstić information content (AvgIpc) is 2.92. The van der Waals surface area contributed by atoms with Crippen molar-refractivity contribution in [1.29, 1.82) is 0 Å². The molecule has 0 spiro atoms. The second kappa shape index (κ2) is 8.03. The first-order valence-corrected chi connectivity index (χ1v) is 9.41. The Hall–Kier alpha value is -1.83. The van der Waals surface area contributed by atoms with Crippen molar-refractivity contribution in [2.75, 3.05) is 13.2 Å². The second-order valence-corrected chi connectivity index (χ2v) is 7.17. The zero-order valence-corrected chi connectivity index (χ0v) is 15.9. The van der Waals surface area contributed by atoms with Gasteiger partial charge in [-0.25, -0.2) is 4.39 Å². The highest BCUT2D eigenvalue weighted by Gasteiger charge is 2.12. The summed E-state index contributed by atoms with van der Waals surface area (Å²) >= 11 is 4.85. The van der Waals surface area contributed by atoms with E-state index in [-0.39, 0.29) is 5.56 Å².